The number of nitrogens with two attached hydrogens (primary N) is 2. The van der Waals surface area contributed by atoms with Crippen LogP contribution < -0.4 is 11.5 Å². The van der Waals surface area contributed by atoms with Gasteiger partial charge < -0.3 is 11.5 Å². The van der Waals surface area contributed by atoms with Crippen LogP contribution >= 0.6 is 27.7 Å². The van der Waals surface area contributed by atoms with Gasteiger partial charge in [0.2, 0.25) is 0 Å². The molecule has 2 rings (SSSR count). The number of hydrogen-bond acceptors (Lipinski definition) is 4. The lowest BCUT2D eigenvalue weighted by atomic mass is 10.3. The van der Waals surface area contributed by atoms with Crippen molar-refractivity contribution in [2.45, 2.75) is 9.92 Å². The van der Waals surface area contributed by atoms with Crippen LogP contribution in [0.1, 0.15) is 0 Å². The lowest BCUT2D eigenvalue weighted by Gasteiger charge is -2.04. The number of benzene rings is 1. The zero-order valence-corrected chi connectivity index (χ0v) is 10.8. The Morgan fingerprint density at radius 3 is 2.50 bits per heavy atom. The van der Waals surface area contributed by atoms with Gasteiger partial charge in [-0.05, 0) is 46.3 Å². The van der Waals surface area contributed by atoms with Gasteiger partial charge in [-0.15, -0.1) is 0 Å². The standard InChI is InChI=1S/C11H10BrN3S/c12-7-1-4-11(15-6-7)16-8-2-3-9(13)10(14)5-8/h1-6H,13-14H2. The molecule has 0 aliphatic rings. The summed E-state index contributed by atoms with van der Waals surface area (Å²) in [5.41, 5.74) is 12.6. The Labute approximate surface area is 106 Å². The molecule has 4 N–H and O–H groups in total. The van der Waals surface area contributed by atoms with Crippen molar-refractivity contribution in [3.05, 3.63) is 41.0 Å². The van der Waals surface area contributed by atoms with Crippen LogP contribution in [-0.4, -0.2) is 4.98 Å². The molecule has 0 saturated carbocycles. The Balaban J connectivity index is 2.20. The van der Waals surface area contributed by atoms with Gasteiger partial charge in [-0.25, -0.2) is 4.98 Å². The minimum Gasteiger partial charge on any atom is -0.397 e. The van der Waals surface area contributed by atoms with Crippen molar-refractivity contribution in [2.75, 3.05) is 11.5 Å². The Bertz CT molecular complexity index is 499. The number of nitrogen functional groups attached to an aromatic ring is 2. The number of aromatic nitrogens is 1. The fourth-order valence-electron chi connectivity index (χ4n) is 1.16. The summed E-state index contributed by atoms with van der Waals surface area (Å²) in [5.74, 6) is 0. The maximum atomic E-state index is 5.73. The van der Waals surface area contributed by atoms with E-state index in [2.05, 4.69) is 20.9 Å². The van der Waals surface area contributed by atoms with E-state index in [-0.39, 0.29) is 0 Å². The third kappa shape index (κ3) is 2.68. The van der Waals surface area contributed by atoms with E-state index < -0.39 is 0 Å². The molecular weight excluding hydrogens is 286 g/mol. The van der Waals surface area contributed by atoms with Crippen LogP contribution in [0, 0.1) is 0 Å². The van der Waals surface area contributed by atoms with E-state index in [0.29, 0.717) is 11.4 Å². The molecule has 1 aromatic carbocycles. The largest absolute Gasteiger partial charge is 0.397 e. The number of pyridine rings is 1. The summed E-state index contributed by atoms with van der Waals surface area (Å²) in [6.07, 6.45) is 1.77. The monoisotopic (exact) mass is 295 g/mol. The normalized spacial score (nSPS) is 10.3. The Morgan fingerprint density at radius 1 is 1.06 bits per heavy atom. The first kappa shape index (κ1) is 11.3. The Morgan fingerprint density at radius 2 is 1.88 bits per heavy atom. The fourth-order valence-corrected chi connectivity index (χ4v) is 2.20. The third-order valence-corrected chi connectivity index (χ3v) is 3.39. The summed E-state index contributed by atoms with van der Waals surface area (Å²) >= 11 is 4.90. The van der Waals surface area contributed by atoms with E-state index in [1.807, 2.05) is 24.3 Å². The number of rotatable bonds is 2. The Hall–Kier alpha value is -1.20. The Kier molecular flexibility index (Phi) is 3.36. The van der Waals surface area contributed by atoms with Gasteiger partial charge in [0.15, 0.2) is 0 Å². The first-order valence-electron chi connectivity index (χ1n) is 4.59. The molecular formula is C11H10BrN3S. The van der Waals surface area contributed by atoms with Crippen molar-refractivity contribution >= 4 is 39.1 Å². The molecule has 0 aliphatic carbocycles. The van der Waals surface area contributed by atoms with E-state index in [9.17, 15) is 0 Å². The molecule has 1 heterocycles. The molecule has 0 saturated heterocycles. The topological polar surface area (TPSA) is 64.9 Å². The maximum absolute atomic E-state index is 5.73. The van der Waals surface area contributed by atoms with Crippen LogP contribution in [0.15, 0.2) is 50.9 Å². The number of hydrogen-bond donors (Lipinski definition) is 2. The average molecular weight is 296 g/mol. The molecule has 0 fully saturated rings. The second-order valence-corrected chi connectivity index (χ2v) is 5.22. The maximum Gasteiger partial charge on any atom is 0.101 e. The SMILES string of the molecule is Nc1ccc(Sc2ccc(Br)cn2)cc1N. The molecule has 0 spiro atoms. The van der Waals surface area contributed by atoms with Gasteiger partial charge in [-0.1, -0.05) is 11.8 Å². The van der Waals surface area contributed by atoms with Gasteiger partial charge >= 0.3 is 0 Å². The van der Waals surface area contributed by atoms with Crippen molar-refractivity contribution in [1.82, 2.24) is 4.98 Å². The van der Waals surface area contributed by atoms with E-state index in [0.717, 1.165) is 14.4 Å². The zero-order valence-electron chi connectivity index (χ0n) is 8.35. The van der Waals surface area contributed by atoms with Gasteiger partial charge in [0, 0.05) is 15.6 Å². The smallest absolute Gasteiger partial charge is 0.101 e. The first-order chi connectivity index (χ1) is 7.65. The average Bonchev–Trinajstić information content (AvgIpc) is 2.27. The lowest BCUT2D eigenvalue weighted by molar-refractivity contribution is 1.12. The number of nitrogens with zero attached hydrogens (tertiary/aromatic N) is 1. The van der Waals surface area contributed by atoms with Crippen LogP contribution in [0.4, 0.5) is 11.4 Å². The van der Waals surface area contributed by atoms with Gasteiger partial charge in [0.1, 0.15) is 5.03 Å². The molecule has 0 bridgehead atoms. The van der Waals surface area contributed by atoms with E-state index in [1.165, 1.54) is 0 Å². The van der Waals surface area contributed by atoms with Crippen molar-refractivity contribution in [2.24, 2.45) is 0 Å². The summed E-state index contributed by atoms with van der Waals surface area (Å²) in [6, 6.07) is 9.48. The van der Waals surface area contributed by atoms with Gasteiger partial charge in [-0.3, -0.25) is 0 Å². The summed E-state index contributed by atoms with van der Waals surface area (Å²) in [6.45, 7) is 0. The van der Waals surface area contributed by atoms with Gasteiger partial charge in [-0.2, -0.15) is 0 Å². The highest BCUT2D eigenvalue weighted by Gasteiger charge is 2.01. The van der Waals surface area contributed by atoms with Gasteiger partial charge in [0.05, 0.1) is 11.4 Å². The minimum absolute atomic E-state index is 0.599. The molecule has 0 atom stereocenters. The predicted molar refractivity (Wildman–Crippen MR) is 71.3 cm³/mol. The van der Waals surface area contributed by atoms with Crippen LogP contribution in [0.3, 0.4) is 0 Å². The van der Waals surface area contributed by atoms with E-state index in [1.54, 1.807) is 24.0 Å². The second-order valence-electron chi connectivity index (χ2n) is 3.21. The summed E-state index contributed by atoms with van der Waals surface area (Å²) in [7, 11) is 0. The lowest BCUT2D eigenvalue weighted by Crippen LogP contribution is -1.93. The first-order valence-corrected chi connectivity index (χ1v) is 6.20. The van der Waals surface area contributed by atoms with Crippen molar-refractivity contribution in [1.29, 1.82) is 0 Å². The van der Waals surface area contributed by atoms with Crippen molar-refractivity contribution in [3.8, 4) is 0 Å². The van der Waals surface area contributed by atoms with Crippen LogP contribution in [0.25, 0.3) is 0 Å². The van der Waals surface area contributed by atoms with Crippen molar-refractivity contribution < 1.29 is 0 Å². The third-order valence-electron chi connectivity index (χ3n) is 1.98. The molecule has 0 unspecified atom stereocenters. The van der Waals surface area contributed by atoms with Gasteiger partial charge in [0.25, 0.3) is 0 Å². The highest BCUT2D eigenvalue weighted by molar-refractivity contribution is 9.10. The zero-order chi connectivity index (χ0) is 11.5. The van der Waals surface area contributed by atoms with E-state index >= 15 is 0 Å². The highest BCUT2D eigenvalue weighted by atomic mass is 79.9. The number of halogens is 1. The molecule has 3 nitrogen and oxygen atoms in total. The predicted octanol–water partition coefficient (Wildman–Crippen LogP) is 3.16. The molecule has 0 aliphatic heterocycles. The minimum atomic E-state index is 0.599. The quantitative estimate of drug-likeness (QED) is 0.835. The van der Waals surface area contributed by atoms with Crippen LogP contribution in [-0.2, 0) is 0 Å². The van der Waals surface area contributed by atoms with E-state index in [4.69, 9.17) is 11.5 Å². The molecule has 16 heavy (non-hydrogen) atoms. The molecule has 82 valence electrons. The van der Waals surface area contributed by atoms with Crippen LogP contribution in [0.5, 0.6) is 0 Å². The second kappa shape index (κ2) is 4.76. The highest BCUT2D eigenvalue weighted by Crippen LogP contribution is 2.29. The fraction of sp³-hybridized carbons (Fsp3) is 0. The molecule has 2 aromatic rings. The molecule has 0 amide bonds. The van der Waals surface area contributed by atoms with Crippen molar-refractivity contribution in [3.63, 3.8) is 0 Å². The summed E-state index contributed by atoms with van der Waals surface area (Å²) in [5, 5.41) is 0.923. The number of anilines is 2. The molecule has 1 aromatic heterocycles. The molecule has 0 radical (unpaired) electrons. The van der Waals surface area contributed by atoms with Crippen LogP contribution in [0.2, 0.25) is 0 Å². The summed E-state index contributed by atoms with van der Waals surface area (Å²) in [4.78, 5) is 5.30. The molecule has 5 heteroatoms. The summed E-state index contributed by atoms with van der Waals surface area (Å²) < 4.78 is 0.966.